The largest absolute Gasteiger partial charge is 0.464 e. The lowest BCUT2D eigenvalue weighted by atomic mass is 10.0. The molecular formula is C20H19N3O3. The van der Waals surface area contributed by atoms with Crippen LogP contribution < -0.4 is 0 Å². The van der Waals surface area contributed by atoms with E-state index < -0.39 is 5.97 Å². The normalized spacial score (nSPS) is 10.8. The number of carbonyl (C=O) groups is 2. The molecule has 1 heterocycles. The molecule has 3 rings (SSSR count). The molecule has 26 heavy (non-hydrogen) atoms. The van der Waals surface area contributed by atoms with Gasteiger partial charge < -0.3 is 4.74 Å². The number of methoxy groups -OCH3 is 1. The van der Waals surface area contributed by atoms with Gasteiger partial charge in [0.25, 0.3) is 0 Å². The van der Waals surface area contributed by atoms with Gasteiger partial charge in [0.15, 0.2) is 0 Å². The van der Waals surface area contributed by atoms with Crippen LogP contribution in [0.1, 0.15) is 51.9 Å². The van der Waals surface area contributed by atoms with Crippen LogP contribution in [0, 0.1) is 0 Å². The number of benzene rings is 2. The van der Waals surface area contributed by atoms with Crippen molar-refractivity contribution in [3.8, 4) is 5.69 Å². The summed E-state index contributed by atoms with van der Waals surface area (Å²) in [6.45, 7) is 4.10. The third-order valence-corrected chi connectivity index (χ3v) is 4.09. The van der Waals surface area contributed by atoms with E-state index in [2.05, 4.69) is 24.2 Å². The highest BCUT2D eigenvalue weighted by atomic mass is 16.5. The van der Waals surface area contributed by atoms with Crippen LogP contribution in [-0.4, -0.2) is 33.9 Å². The van der Waals surface area contributed by atoms with Crippen molar-refractivity contribution < 1.29 is 14.3 Å². The number of ketones is 1. The first-order chi connectivity index (χ1) is 12.5. The Balaban J connectivity index is 2.24. The molecule has 0 radical (unpaired) electrons. The summed E-state index contributed by atoms with van der Waals surface area (Å²) in [5.41, 5.74) is 2.15. The van der Waals surface area contributed by atoms with Gasteiger partial charge in [-0.2, -0.15) is 0 Å². The van der Waals surface area contributed by atoms with Crippen molar-refractivity contribution in [3.05, 3.63) is 77.1 Å². The molecule has 0 aliphatic heterocycles. The van der Waals surface area contributed by atoms with Crippen molar-refractivity contribution >= 4 is 11.8 Å². The minimum Gasteiger partial charge on any atom is -0.464 e. The van der Waals surface area contributed by atoms with Gasteiger partial charge in [-0.05, 0) is 17.5 Å². The Morgan fingerprint density at radius 3 is 2.31 bits per heavy atom. The van der Waals surface area contributed by atoms with Crippen LogP contribution in [0.25, 0.3) is 5.69 Å². The Labute approximate surface area is 151 Å². The molecule has 0 aliphatic rings. The van der Waals surface area contributed by atoms with Crippen LogP contribution in [0.2, 0.25) is 0 Å². The Morgan fingerprint density at radius 2 is 1.65 bits per heavy atom. The van der Waals surface area contributed by atoms with Crippen LogP contribution in [-0.2, 0) is 4.74 Å². The maximum absolute atomic E-state index is 13.1. The first-order valence-electron chi connectivity index (χ1n) is 8.27. The maximum atomic E-state index is 13.1. The molecule has 0 spiro atoms. The Bertz CT molecular complexity index is 946. The molecule has 0 fully saturated rings. The number of rotatable bonds is 5. The molecule has 2 aromatic carbocycles. The van der Waals surface area contributed by atoms with Crippen molar-refractivity contribution in [1.29, 1.82) is 0 Å². The van der Waals surface area contributed by atoms with E-state index in [0.717, 1.165) is 5.56 Å². The number of nitrogens with zero attached hydrogens (tertiary/aromatic N) is 3. The SMILES string of the molecule is COC(=O)c1nnn(-c2ccccc2C(C)C)c1C(=O)c1ccccc1. The highest BCUT2D eigenvalue weighted by molar-refractivity contribution is 6.13. The smallest absolute Gasteiger partial charge is 0.361 e. The maximum Gasteiger partial charge on any atom is 0.361 e. The Morgan fingerprint density at radius 1 is 1.00 bits per heavy atom. The number of carbonyl (C=O) groups excluding carboxylic acids is 2. The van der Waals surface area contributed by atoms with Crippen LogP contribution in [0.4, 0.5) is 0 Å². The lowest BCUT2D eigenvalue weighted by Gasteiger charge is -2.14. The standard InChI is InChI=1S/C20H19N3O3/c1-13(2)15-11-7-8-12-16(15)23-18(17(21-22-23)20(25)26-3)19(24)14-9-5-4-6-10-14/h4-13H,1-3H3. The molecule has 6 nitrogen and oxygen atoms in total. The van der Waals surface area contributed by atoms with Crippen molar-refractivity contribution in [1.82, 2.24) is 15.0 Å². The van der Waals surface area contributed by atoms with Crippen molar-refractivity contribution in [2.75, 3.05) is 7.11 Å². The van der Waals surface area contributed by atoms with E-state index in [4.69, 9.17) is 4.74 Å². The number of para-hydroxylation sites is 1. The van der Waals surface area contributed by atoms with Crippen LogP contribution in [0.3, 0.4) is 0 Å². The number of aromatic nitrogens is 3. The summed E-state index contributed by atoms with van der Waals surface area (Å²) in [6.07, 6.45) is 0. The van der Waals surface area contributed by atoms with Gasteiger partial charge in [-0.15, -0.1) is 5.10 Å². The summed E-state index contributed by atoms with van der Waals surface area (Å²) in [5.74, 6) is -0.830. The third kappa shape index (κ3) is 3.13. The average molecular weight is 349 g/mol. The molecule has 3 aromatic rings. The Kier molecular flexibility index (Phi) is 4.93. The highest BCUT2D eigenvalue weighted by Gasteiger charge is 2.28. The molecule has 0 aliphatic carbocycles. The average Bonchev–Trinajstić information content (AvgIpc) is 3.12. The van der Waals surface area contributed by atoms with Gasteiger partial charge in [-0.25, -0.2) is 9.48 Å². The van der Waals surface area contributed by atoms with Crippen LogP contribution in [0.15, 0.2) is 54.6 Å². The number of esters is 1. The molecule has 0 atom stereocenters. The lowest BCUT2D eigenvalue weighted by Crippen LogP contribution is -2.16. The van der Waals surface area contributed by atoms with Crippen molar-refractivity contribution in [3.63, 3.8) is 0 Å². The predicted molar refractivity (Wildman–Crippen MR) is 96.7 cm³/mol. The molecule has 132 valence electrons. The topological polar surface area (TPSA) is 74.1 Å². The molecule has 0 saturated carbocycles. The molecule has 0 N–H and O–H groups in total. The second-order valence-corrected chi connectivity index (χ2v) is 6.10. The molecule has 0 amide bonds. The summed E-state index contributed by atoms with van der Waals surface area (Å²) in [7, 11) is 1.25. The van der Waals surface area contributed by atoms with Gasteiger partial charge >= 0.3 is 5.97 Å². The Hall–Kier alpha value is -3.28. The van der Waals surface area contributed by atoms with Gasteiger partial charge in [-0.1, -0.05) is 67.6 Å². The fourth-order valence-corrected chi connectivity index (χ4v) is 2.78. The zero-order valence-electron chi connectivity index (χ0n) is 14.8. The minimum atomic E-state index is -0.697. The fraction of sp³-hybridized carbons (Fsp3) is 0.200. The first-order valence-corrected chi connectivity index (χ1v) is 8.27. The molecule has 0 saturated heterocycles. The molecule has 0 unspecified atom stereocenters. The quantitative estimate of drug-likeness (QED) is 0.521. The summed E-state index contributed by atoms with van der Waals surface area (Å²) in [5, 5.41) is 8.02. The van der Waals surface area contributed by atoms with Gasteiger partial charge in [0.05, 0.1) is 12.8 Å². The zero-order chi connectivity index (χ0) is 18.7. The summed E-state index contributed by atoms with van der Waals surface area (Å²) >= 11 is 0. The minimum absolute atomic E-state index is 0.0937. The van der Waals surface area contributed by atoms with E-state index in [1.807, 2.05) is 30.3 Å². The van der Waals surface area contributed by atoms with Crippen molar-refractivity contribution in [2.24, 2.45) is 0 Å². The van der Waals surface area contributed by atoms with Crippen LogP contribution >= 0.6 is 0 Å². The monoisotopic (exact) mass is 349 g/mol. The fourth-order valence-electron chi connectivity index (χ4n) is 2.78. The van der Waals surface area contributed by atoms with E-state index in [1.54, 1.807) is 24.3 Å². The van der Waals surface area contributed by atoms with E-state index in [1.165, 1.54) is 11.8 Å². The summed E-state index contributed by atoms with van der Waals surface area (Å²) in [4.78, 5) is 25.3. The van der Waals surface area contributed by atoms with Gasteiger partial charge in [0.2, 0.25) is 11.5 Å². The lowest BCUT2D eigenvalue weighted by molar-refractivity contribution is 0.0590. The van der Waals surface area contributed by atoms with Crippen molar-refractivity contribution in [2.45, 2.75) is 19.8 Å². The summed E-state index contributed by atoms with van der Waals surface area (Å²) in [6, 6.07) is 16.3. The highest BCUT2D eigenvalue weighted by Crippen LogP contribution is 2.25. The summed E-state index contributed by atoms with van der Waals surface area (Å²) < 4.78 is 6.21. The van der Waals surface area contributed by atoms with E-state index in [0.29, 0.717) is 11.3 Å². The van der Waals surface area contributed by atoms with Gasteiger partial charge in [0.1, 0.15) is 5.69 Å². The molecular weight excluding hydrogens is 330 g/mol. The number of ether oxygens (including phenoxy) is 1. The second kappa shape index (κ2) is 7.31. The molecule has 1 aromatic heterocycles. The van der Waals surface area contributed by atoms with Gasteiger partial charge in [0, 0.05) is 5.56 Å². The van der Waals surface area contributed by atoms with E-state index >= 15 is 0 Å². The zero-order valence-corrected chi connectivity index (χ0v) is 14.8. The van der Waals surface area contributed by atoms with Crippen LogP contribution in [0.5, 0.6) is 0 Å². The van der Waals surface area contributed by atoms with Gasteiger partial charge in [-0.3, -0.25) is 4.79 Å². The molecule has 6 heteroatoms. The number of hydrogen-bond acceptors (Lipinski definition) is 5. The van der Waals surface area contributed by atoms with E-state index in [9.17, 15) is 9.59 Å². The third-order valence-electron chi connectivity index (χ3n) is 4.09. The second-order valence-electron chi connectivity index (χ2n) is 6.10. The first kappa shape index (κ1) is 17.5. The number of hydrogen-bond donors (Lipinski definition) is 0. The van der Waals surface area contributed by atoms with E-state index in [-0.39, 0.29) is 23.1 Å². The predicted octanol–water partition coefficient (Wildman–Crippen LogP) is 3.41. The molecule has 0 bridgehead atoms.